The van der Waals surface area contributed by atoms with Gasteiger partial charge in [-0.15, -0.1) is 0 Å². The van der Waals surface area contributed by atoms with Gasteiger partial charge in [-0.1, -0.05) is 60.7 Å². The molecule has 3 unspecified atom stereocenters. The molecule has 3 aliphatic rings. The predicted molar refractivity (Wildman–Crippen MR) is 146 cm³/mol. The number of ether oxygens (including phenoxy) is 1. The summed E-state index contributed by atoms with van der Waals surface area (Å²) < 4.78 is 5.46. The molecule has 0 spiro atoms. The maximum absolute atomic E-state index is 14.1. The molecule has 0 radical (unpaired) electrons. The van der Waals surface area contributed by atoms with E-state index in [2.05, 4.69) is 9.98 Å². The molecule has 2 heterocycles. The Labute approximate surface area is 217 Å². The third-order valence-corrected chi connectivity index (χ3v) is 7.21. The monoisotopic (exact) mass is 494 g/mol. The molecule has 2 aliphatic heterocycles. The Hall–Kier alpha value is -4.13. The molecule has 2 aromatic rings. The van der Waals surface area contributed by atoms with Crippen molar-refractivity contribution in [3.05, 3.63) is 89.5 Å². The number of amidine groups is 2. The van der Waals surface area contributed by atoms with Crippen LogP contribution < -0.4 is 0 Å². The Morgan fingerprint density at radius 1 is 1.11 bits per heavy atom. The van der Waals surface area contributed by atoms with Gasteiger partial charge in [0, 0.05) is 13.3 Å². The van der Waals surface area contributed by atoms with Crippen LogP contribution in [0.25, 0.3) is 5.57 Å². The van der Waals surface area contributed by atoms with Crippen LogP contribution in [0.1, 0.15) is 31.4 Å². The predicted octanol–water partition coefficient (Wildman–Crippen LogP) is 4.46. The van der Waals surface area contributed by atoms with Crippen LogP contribution in [0.2, 0.25) is 0 Å². The van der Waals surface area contributed by atoms with Gasteiger partial charge in [0.2, 0.25) is 0 Å². The van der Waals surface area contributed by atoms with Crippen molar-refractivity contribution in [2.45, 2.75) is 25.8 Å². The molecule has 7 nitrogen and oxygen atoms in total. The number of hydrogen-bond donors (Lipinski definition) is 0. The number of fused-ring (bicyclic) bond motifs is 1. The molecule has 1 aliphatic carbocycles. The Balaban J connectivity index is 1.71. The fraction of sp³-hybridized carbons (Fsp3) is 0.300. The average molecular weight is 495 g/mol. The summed E-state index contributed by atoms with van der Waals surface area (Å²) in [4.78, 5) is 42.8. The quantitative estimate of drug-likeness (QED) is 0.575. The number of aliphatic imine (C=N–C) groups is 3. The lowest BCUT2D eigenvalue weighted by Crippen LogP contribution is -2.56. The van der Waals surface area contributed by atoms with Gasteiger partial charge in [-0.3, -0.25) is 14.6 Å². The zero-order chi connectivity index (χ0) is 26.0. The van der Waals surface area contributed by atoms with Crippen molar-refractivity contribution in [1.29, 1.82) is 0 Å². The molecule has 0 N–H and O–H groups in total. The van der Waals surface area contributed by atoms with Crippen molar-refractivity contribution in [2.75, 3.05) is 20.3 Å². The topological polar surface area (TPSA) is 83.7 Å². The van der Waals surface area contributed by atoms with Crippen LogP contribution in [-0.4, -0.2) is 54.9 Å². The first-order valence-electron chi connectivity index (χ1n) is 12.6. The van der Waals surface area contributed by atoms with Crippen molar-refractivity contribution < 1.29 is 14.3 Å². The van der Waals surface area contributed by atoms with E-state index in [1.54, 1.807) is 13.0 Å². The number of allylic oxidation sites excluding steroid dienone is 2. The summed E-state index contributed by atoms with van der Waals surface area (Å²) in [6.45, 7) is 4.30. The first kappa shape index (κ1) is 24.6. The molecule has 0 bridgehead atoms. The number of nitrogens with zero attached hydrogens (tertiary/aromatic N) is 4. The molecule has 0 saturated carbocycles. The van der Waals surface area contributed by atoms with Crippen LogP contribution in [0.4, 0.5) is 0 Å². The Morgan fingerprint density at radius 3 is 2.51 bits per heavy atom. The van der Waals surface area contributed by atoms with E-state index < -0.39 is 11.5 Å². The summed E-state index contributed by atoms with van der Waals surface area (Å²) in [6.07, 6.45) is 5.96. The molecule has 3 atom stereocenters. The number of rotatable bonds is 5. The van der Waals surface area contributed by atoms with E-state index in [1.807, 2.05) is 91.8 Å². The highest BCUT2D eigenvalue weighted by atomic mass is 16.5. The minimum Gasteiger partial charge on any atom is -0.465 e. The number of benzene rings is 2. The van der Waals surface area contributed by atoms with E-state index >= 15 is 0 Å². The molecular weight excluding hydrogens is 464 g/mol. The summed E-state index contributed by atoms with van der Waals surface area (Å²) in [6, 6.07) is 19.7. The van der Waals surface area contributed by atoms with E-state index in [4.69, 9.17) is 9.73 Å². The van der Waals surface area contributed by atoms with Crippen LogP contribution in [0.3, 0.4) is 0 Å². The smallest absolute Gasteiger partial charge is 0.316 e. The SMILES string of the molecule is CCOC(=O)C1CC2C=NCN=C2N=C1N(C)C1(c2ccccc2)C=C(c2ccccc2)C(C)=CC1=O. The van der Waals surface area contributed by atoms with Crippen molar-refractivity contribution in [3.63, 3.8) is 0 Å². The maximum atomic E-state index is 14.1. The molecule has 0 amide bonds. The number of carbonyl (C=O) groups excluding carboxylic acids is 2. The van der Waals surface area contributed by atoms with Crippen LogP contribution in [0, 0.1) is 11.8 Å². The van der Waals surface area contributed by atoms with Gasteiger partial charge in [-0.25, -0.2) is 9.98 Å². The van der Waals surface area contributed by atoms with Gasteiger partial charge in [0.15, 0.2) is 5.78 Å². The van der Waals surface area contributed by atoms with Crippen LogP contribution in [0.5, 0.6) is 0 Å². The van der Waals surface area contributed by atoms with E-state index in [-0.39, 0.29) is 24.3 Å². The zero-order valence-electron chi connectivity index (χ0n) is 21.3. The number of hydrogen-bond acceptors (Lipinski definition) is 7. The second kappa shape index (κ2) is 10.1. The van der Waals surface area contributed by atoms with E-state index in [9.17, 15) is 9.59 Å². The van der Waals surface area contributed by atoms with Crippen molar-refractivity contribution >= 4 is 35.2 Å². The molecule has 7 heteroatoms. The van der Waals surface area contributed by atoms with Crippen molar-refractivity contribution in [1.82, 2.24) is 4.90 Å². The standard InChI is InChI=1S/C30H30N4O3/c1-4-37-29(36)24-16-22-18-31-19-32-27(22)33-28(24)34(3)30(23-13-9-6-10-14-23)17-25(20(2)15-26(30)35)21-11-7-5-8-12-21/h5-15,17-18,22,24H,4,16,19H2,1-3H3. The Bertz CT molecular complexity index is 1360. The fourth-order valence-corrected chi connectivity index (χ4v) is 5.33. The molecular formula is C30H30N4O3. The summed E-state index contributed by atoms with van der Waals surface area (Å²) in [5, 5.41) is 0. The Kier molecular flexibility index (Phi) is 6.70. The Morgan fingerprint density at radius 2 is 1.81 bits per heavy atom. The third-order valence-electron chi connectivity index (χ3n) is 7.21. The van der Waals surface area contributed by atoms with Crippen LogP contribution in [-0.2, 0) is 19.9 Å². The molecule has 0 fully saturated rings. The van der Waals surface area contributed by atoms with E-state index in [1.165, 1.54) is 0 Å². The van der Waals surface area contributed by atoms with Gasteiger partial charge in [0.25, 0.3) is 0 Å². The molecule has 2 aromatic carbocycles. The van der Waals surface area contributed by atoms with Gasteiger partial charge in [0.1, 0.15) is 29.8 Å². The summed E-state index contributed by atoms with van der Waals surface area (Å²) in [5.74, 6) is -0.185. The summed E-state index contributed by atoms with van der Waals surface area (Å²) in [5.41, 5.74) is 2.43. The van der Waals surface area contributed by atoms with E-state index in [0.717, 1.165) is 22.3 Å². The van der Waals surface area contributed by atoms with E-state index in [0.29, 0.717) is 24.8 Å². The molecule has 0 saturated heterocycles. The van der Waals surface area contributed by atoms with Gasteiger partial charge < -0.3 is 9.64 Å². The molecule has 188 valence electrons. The lowest BCUT2D eigenvalue weighted by molar-refractivity contribution is -0.146. The second-order valence-corrected chi connectivity index (χ2v) is 9.41. The second-order valence-electron chi connectivity index (χ2n) is 9.41. The maximum Gasteiger partial charge on any atom is 0.316 e. The third kappa shape index (κ3) is 4.35. The number of likely N-dealkylation sites (N-methyl/N-ethyl adjacent to an activating group) is 1. The first-order valence-corrected chi connectivity index (χ1v) is 12.6. The van der Waals surface area contributed by atoms with Crippen LogP contribution in [0.15, 0.2) is 93.4 Å². The zero-order valence-corrected chi connectivity index (χ0v) is 21.3. The fourth-order valence-electron chi connectivity index (χ4n) is 5.33. The highest BCUT2D eigenvalue weighted by Crippen LogP contribution is 2.42. The number of esters is 1. The minimum atomic E-state index is -1.22. The molecule has 5 rings (SSSR count). The number of carbonyl (C=O) groups is 2. The highest BCUT2D eigenvalue weighted by molar-refractivity contribution is 6.16. The lowest BCUT2D eigenvalue weighted by Gasteiger charge is -2.45. The summed E-state index contributed by atoms with van der Waals surface area (Å²) in [7, 11) is 1.83. The van der Waals surface area contributed by atoms with Crippen LogP contribution >= 0.6 is 0 Å². The highest BCUT2D eigenvalue weighted by Gasteiger charge is 2.49. The molecule has 0 aromatic heterocycles. The average Bonchev–Trinajstić information content (AvgIpc) is 2.93. The molecule has 37 heavy (non-hydrogen) atoms. The minimum absolute atomic E-state index is 0.0991. The van der Waals surface area contributed by atoms with Gasteiger partial charge in [-0.05, 0) is 54.7 Å². The van der Waals surface area contributed by atoms with Gasteiger partial charge >= 0.3 is 5.97 Å². The van der Waals surface area contributed by atoms with Gasteiger partial charge in [0.05, 0.1) is 12.5 Å². The van der Waals surface area contributed by atoms with Crippen molar-refractivity contribution in [2.24, 2.45) is 26.8 Å². The first-order chi connectivity index (χ1) is 18.0. The number of ketones is 1. The summed E-state index contributed by atoms with van der Waals surface area (Å²) >= 11 is 0. The lowest BCUT2D eigenvalue weighted by atomic mass is 9.75. The normalized spacial score (nSPS) is 24.8. The largest absolute Gasteiger partial charge is 0.465 e. The van der Waals surface area contributed by atoms with Crippen molar-refractivity contribution in [3.8, 4) is 0 Å². The van der Waals surface area contributed by atoms with Gasteiger partial charge in [-0.2, -0.15) is 0 Å².